The van der Waals surface area contributed by atoms with Crippen molar-refractivity contribution in [3.05, 3.63) is 39.9 Å². The summed E-state index contributed by atoms with van der Waals surface area (Å²) in [7, 11) is 0. The van der Waals surface area contributed by atoms with Crippen LogP contribution in [-0.4, -0.2) is 13.1 Å². The second-order valence-electron chi connectivity index (χ2n) is 4.58. The summed E-state index contributed by atoms with van der Waals surface area (Å²) in [6.45, 7) is 2.44. The van der Waals surface area contributed by atoms with E-state index in [1.165, 1.54) is 37.4 Å². The van der Waals surface area contributed by atoms with Gasteiger partial charge in [-0.05, 0) is 54.1 Å². The Balaban J connectivity index is 1.68. The van der Waals surface area contributed by atoms with E-state index in [0.29, 0.717) is 0 Å². The van der Waals surface area contributed by atoms with Crippen molar-refractivity contribution in [3.63, 3.8) is 0 Å². The molecule has 0 bridgehead atoms. The molecule has 17 heavy (non-hydrogen) atoms. The average Bonchev–Trinajstić information content (AvgIpc) is 2.99. The first kappa shape index (κ1) is 11.3. The standard InChI is InChI=1S/C14H17NS2/c1-4-12(13-5-2-10-16-13)7-9-15(8-1)14-6-3-11-17-14/h2-3,5-6,10-12H,1,4,7-9H2. The maximum atomic E-state index is 2.55. The van der Waals surface area contributed by atoms with Crippen LogP contribution in [0.3, 0.4) is 0 Å². The fourth-order valence-corrected chi connectivity index (χ4v) is 4.26. The molecule has 1 fully saturated rings. The summed E-state index contributed by atoms with van der Waals surface area (Å²) in [6.07, 6.45) is 3.97. The minimum atomic E-state index is 0.792. The molecule has 3 heterocycles. The van der Waals surface area contributed by atoms with Gasteiger partial charge >= 0.3 is 0 Å². The second-order valence-corrected chi connectivity index (χ2v) is 6.49. The molecule has 0 aromatic carbocycles. The normalized spacial score (nSPS) is 21.4. The molecule has 0 saturated carbocycles. The lowest BCUT2D eigenvalue weighted by Crippen LogP contribution is -2.22. The maximum absolute atomic E-state index is 2.55. The van der Waals surface area contributed by atoms with Gasteiger partial charge in [-0.2, -0.15) is 0 Å². The zero-order valence-electron chi connectivity index (χ0n) is 9.84. The summed E-state index contributed by atoms with van der Waals surface area (Å²) in [5, 5.41) is 5.82. The lowest BCUT2D eigenvalue weighted by molar-refractivity contribution is 0.622. The molecular weight excluding hydrogens is 246 g/mol. The largest absolute Gasteiger partial charge is 0.363 e. The van der Waals surface area contributed by atoms with Crippen LogP contribution in [0.15, 0.2) is 35.0 Å². The highest BCUT2D eigenvalue weighted by molar-refractivity contribution is 7.14. The van der Waals surface area contributed by atoms with Gasteiger partial charge < -0.3 is 4.90 Å². The molecule has 1 atom stereocenters. The quantitative estimate of drug-likeness (QED) is 0.766. The molecule has 3 heteroatoms. The molecule has 1 aliphatic rings. The first-order chi connectivity index (χ1) is 8.43. The van der Waals surface area contributed by atoms with Crippen LogP contribution in [0.2, 0.25) is 0 Å². The molecule has 0 N–H and O–H groups in total. The summed E-state index contributed by atoms with van der Waals surface area (Å²) in [5.41, 5.74) is 0. The van der Waals surface area contributed by atoms with Gasteiger partial charge in [-0.3, -0.25) is 0 Å². The molecule has 90 valence electrons. The van der Waals surface area contributed by atoms with E-state index in [-0.39, 0.29) is 0 Å². The van der Waals surface area contributed by atoms with Crippen molar-refractivity contribution >= 4 is 27.7 Å². The van der Waals surface area contributed by atoms with Crippen molar-refractivity contribution in [2.75, 3.05) is 18.0 Å². The number of anilines is 1. The minimum Gasteiger partial charge on any atom is -0.363 e. The SMILES string of the molecule is c1csc(C2CCCN(c3cccs3)CC2)c1. The molecule has 1 nitrogen and oxygen atoms in total. The summed E-state index contributed by atoms with van der Waals surface area (Å²) in [4.78, 5) is 4.14. The molecule has 0 amide bonds. The summed E-state index contributed by atoms with van der Waals surface area (Å²) < 4.78 is 0. The van der Waals surface area contributed by atoms with Crippen molar-refractivity contribution in [3.8, 4) is 0 Å². The van der Waals surface area contributed by atoms with Crippen LogP contribution in [0.5, 0.6) is 0 Å². The fourth-order valence-electron chi connectivity index (χ4n) is 2.57. The van der Waals surface area contributed by atoms with E-state index in [9.17, 15) is 0 Å². The first-order valence-corrected chi connectivity index (χ1v) is 8.01. The molecule has 0 spiro atoms. The van der Waals surface area contributed by atoms with Crippen molar-refractivity contribution in [1.29, 1.82) is 0 Å². The number of hydrogen-bond donors (Lipinski definition) is 0. The average molecular weight is 263 g/mol. The maximum Gasteiger partial charge on any atom is 0.0908 e. The first-order valence-electron chi connectivity index (χ1n) is 6.25. The highest BCUT2D eigenvalue weighted by atomic mass is 32.1. The highest BCUT2D eigenvalue weighted by Gasteiger charge is 2.19. The van der Waals surface area contributed by atoms with Crippen LogP contribution < -0.4 is 4.90 Å². The van der Waals surface area contributed by atoms with Gasteiger partial charge in [-0.15, -0.1) is 22.7 Å². The summed E-state index contributed by atoms with van der Waals surface area (Å²) in [5.74, 6) is 0.792. The molecule has 2 aromatic rings. The number of nitrogens with zero attached hydrogens (tertiary/aromatic N) is 1. The van der Waals surface area contributed by atoms with Crippen molar-refractivity contribution in [2.24, 2.45) is 0 Å². The third kappa shape index (κ3) is 2.55. The molecule has 1 saturated heterocycles. The smallest absolute Gasteiger partial charge is 0.0908 e. The van der Waals surface area contributed by atoms with Crippen LogP contribution in [0, 0.1) is 0 Å². The van der Waals surface area contributed by atoms with E-state index in [1.807, 2.05) is 22.7 Å². The van der Waals surface area contributed by atoms with E-state index in [4.69, 9.17) is 0 Å². The van der Waals surface area contributed by atoms with Crippen LogP contribution in [0.25, 0.3) is 0 Å². The predicted octanol–water partition coefficient (Wildman–Crippen LogP) is 4.58. The zero-order valence-corrected chi connectivity index (χ0v) is 11.5. The zero-order chi connectivity index (χ0) is 11.5. The monoisotopic (exact) mass is 263 g/mol. The molecule has 0 aliphatic carbocycles. The number of hydrogen-bond acceptors (Lipinski definition) is 3. The van der Waals surface area contributed by atoms with Crippen molar-refractivity contribution in [2.45, 2.75) is 25.2 Å². The van der Waals surface area contributed by atoms with E-state index < -0.39 is 0 Å². The van der Waals surface area contributed by atoms with Gasteiger partial charge in [-0.25, -0.2) is 0 Å². The van der Waals surface area contributed by atoms with Crippen molar-refractivity contribution < 1.29 is 0 Å². The van der Waals surface area contributed by atoms with Crippen LogP contribution in [-0.2, 0) is 0 Å². The minimum absolute atomic E-state index is 0.792. The van der Waals surface area contributed by atoms with E-state index in [0.717, 1.165) is 5.92 Å². The number of rotatable bonds is 2. The highest BCUT2D eigenvalue weighted by Crippen LogP contribution is 2.33. The van der Waals surface area contributed by atoms with E-state index in [2.05, 4.69) is 39.9 Å². The van der Waals surface area contributed by atoms with Crippen LogP contribution in [0.1, 0.15) is 30.1 Å². The van der Waals surface area contributed by atoms with E-state index >= 15 is 0 Å². The lowest BCUT2D eigenvalue weighted by Gasteiger charge is -2.20. The molecule has 0 radical (unpaired) electrons. The summed E-state index contributed by atoms with van der Waals surface area (Å²) >= 11 is 3.79. The van der Waals surface area contributed by atoms with Crippen LogP contribution in [0.4, 0.5) is 5.00 Å². The predicted molar refractivity (Wildman–Crippen MR) is 77.4 cm³/mol. The molecule has 1 unspecified atom stereocenters. The van der Waals surface area contributed by atoms with Crippen LogP contribution >= 0.6 is 22.7 Å². The molecule has 3 rings (SSSR count). The second kappa shape index (κ2) is 5.23. The Labute approximate surface area is 111 Å². The van der Waals surface area contributed by atoms with Gasteiger partial charge in [0.15, 0.2) is 0 Å². The Bertz CT molecular complexity index is 391. The van der Waals surface area contributed by atoms with Gasteiger partial charge in [0.05, 0.1) is 5.00 Å². The molecule has 1 aliphatic heterocycles. The molecular formula is C14H17NS2. The van der Waals surface area contributed by atoms with Gasteiger partial charge in [0.1, 0.15) is 0 Å². The third-order valence-electron chi connectivity index (χ3n) is 3.49. The van der Waals surface area contributed by atoms with Crippen molar-refractivity contribution in [1.82, 2.24) is 0 Å². The lowest BCUT2D eigenvalue weighted by atomic mass is 9.99. The molecule has 2 aromatic heterocycles. The topological polar surface area (TPSA) is 3.24 Å². The van der Waals surface area contributed by atoms with Gasteiger partial charge in [0.25, 0.3) is 0 Å². The third-order valence-corrected chi connectivity index (χ3v) is 5.46. The van der Waals surface area contributed by atoms with E-state index in [1.54, 1.807) is 4.88 Å². The number of thiophene rings is 2. The Morgan fingerprint density at radius 1 is 1.00 bits per heavy atom. The Hall–Kier alpha value is -0.800. The van der Waals surface area contributed by atoms with Gasteiger partial charge in [-0.1, -0.05) is 6.07 Å². The Kier molecular flexibility index (Phi) is 3.48. The van der Waals surface area contributed by atoms with Gasteiger partial charge in [0, 0.05) is 18.0 Å². The summed E-state index contributed by atoms with van der Waals surface area (Å²) in [6, 6.07) is 8.88. The Morgan fingerprint density at radius 3 is 2.65 bits per heavy atom. The Morgan fingerprint density at radius 2 is 1.88 bits per heavy atom. The van der Waals surface area contributed by atoms with Gasteiger partial charge in [0.2, 0.25) is 0 Å². The fraction of sp³-hybridized carbons (Fsp3) is 0.429.